The van der Waals surface area contributed by atoms with E-state index in [4.69, 9.17) is 13.9 Å². The molecule has 1 amide bonds. The van der Waals surface area contributed by atoms with Crippen LogP contribution >= 0.6 is 0 Å². The van der Waals surface area contributed by atoms with Gasteiger partial charge in [-0.05, 0) is 65.5 Å². The summed E-state index contributed by atoms with van der Waals surface area (Å²) < 4.78 is 18.0. The molecule has 3 rings (SSSR count). The first kappa shape index (κ1) is 33.3. The topological polar surface area (TPSA) is 51.9 Å². The van der Waals surface area contributed by atoms with Crippen molar-refractivity contribution >= 4 is 5.91 Å². The molecule has 0 aliphatic carbocycles. The van der Waals surface area contributed by atoms with Crippen molar-refractivity contribution in [3.05, 3.63) is 83.8 Å². The number of hydrogen-bond donors (Lipinski definition) is 0. The number of benzene rings is 2. The van der Waals surface area contributed by atoms with E-state index in [1.807, 2.05) is 54.6 Å². The van der Waals surface area contributed by atoms with Crippen LogP contribution in [0.15, 0.2) is 71.1 Å². The van der Waals surface area contributed by atoms with Gasteiger partial charge in [-0.15, -0.1) is 0 Å². The largest absolute Gasteiger partial charge is 0.490 e. The first-order chi connectivity index (χ1) is 19.9. The molecule has 5 heteroatoms. The Morgan fingerprint density at radius 1 is 0.833 bits per heavy atom. The Labute approximate surface area is 254 Å². The second-order valence-corrected chi connectivity index (χ2v) is 13.4. The van der Waals surface area contributed by atoms with Gasteiger partial charge >= 0.3 is 0 Å². The van der Waals surface area contributed by atoms with Gasteiger partial charge in [0.1, 0.15) is 36.2 Å². The van der Waals surface area contributed by atoms with E-state index in [1.165, 1.54) is 19.3 Å². The molecule has 3 atom stereocenters. The van der Waals surface area contributed by atoms with Crippen molar-refractivity contribution < 1.29 is 18.7 Å². The number of carbonyl (C=O) groups excluding carboxylic acids is 1. The summed E-state index contributed by atoms with van der Waals surface area (Å²) in [7, 11) is 1.80. The summed E-state index contributed by atoms with van der Waals surface area (Å²) in [6, 6.07) is 21.1. The summed E-state index contributed by atoms with van der Waals surface area (Å²) >= 11 is 0. The number of nitrogens with zero attached hydrogens (tertiary/aromatic N) is 1. The molecule has 2 aromatic carbocycles. The summed E-state index contributed by atoms with van der Waals surface area (Å²) in [5.74, 6) is 4.45. The molecular weight excluding hydrogens is 522 g/mol. The lowest BCUT2D eigenvalue weighted by molar-refractivity contribution is 0.0666. The quantitative estimate of drug-likeness (QED) is 0.160. The molecule has 1 heterocycles. The Morgan fingerprint density at radius 2 is 1.45 bits per heavy atom. The molecule has 42 heavy (non-hydrogen) atoms. The van der Waals surface area contributed by atoms with E-state index in [1.54, 1.807) is 18.0 Å². The number of ether oxygens (including phenoxy) is 2. The van der Waals surface area contributed by atoms with Crippen LogP contribution in [0.25, 0.3) is 0 Å². The van der Waals surface area contributed by atoms with Crippen molar-refractivity contribution in [1.29, 1.82) is 0 Å². The summed E-state index contributed by atoms with van der Waals surface area (Å²) in [5.41, 5.74) is 0.755. The van der Waals surface area contributed by atoms with Crippen LogP contribution in [0.1, 0.15) is 96.0 Å². The van der Waals surface area contributed by atoms with Crippen LogP contribution in [-0.2, 0) is 13.0 Å². The Balaban J connectivity index is 1.59. The fraction of sp³-hybridized carbons (Fsp3) is 0.541. The molecule has 3 unspecified atom stereocenters. The monoisotopic (exact) mass is 575 g/mol. The zero-order valence-electron chi connectivity index (χ0n) is 27.2. The van der Waals surface area contributed by atoms with Gasteiger partial charge in [-0.25, -0.2) is 0 Å². The van der Waals surface area contributed by atoms with Gasteiger partial charge in [0, 0.05) is 13.5 Å². The fourth-order valence-electron chi connectivity index (χ4n) is 5.38. The molecule has 1 aromatic heterocycles. The Bertz CT molecular complexity index is 1230. The molecule has 0 spiro atoms. The van der Waals surface area contributed by atoms with Crippen LogP contribution in [0, 0.1) is 22.7 Å². The standard InChI is InChI=1S/C37H53NO4/c1-9-28(2)19-20-29(3)25-37(7,36(4,5)6)26-31-21-22-32(42-31)27-38(8)35(39)33-17-13-14-18-34(33)41-24-23-40-30-15-11-10-12-16-30/h10-18,21-22,28-29H,9,19-20,23-27H2,1-8H3. The molecule has 0 aliphatic heterocycles. The number of para-hydroxylation sites is 2. The van der Waals surface area contributed by atoms with Gasteiger partial charge in [0.05, 0.1) is 12.1 Å². The Morgan fingerprint density at radius 3 is 2.14 bits per heavy atom. The minimum Gasteiger partial charge on any atom is -0.490 e. The van der Waals surface area contributed by atoms with E-state index < -0.39 is 0 Å². The summed E-state index contributed by atoms with van der Waals surface area (Å²) in [6.45, 7) is 17.6. The second kappa shape index (κ2) is 15.3. The van der Waals surface area contributed by atoms with Crippen LogP contribution in [-0.4, -0.2) is 31.1 Å². The van der Waals surface area contributed by atoms with Crippen molar-refractivity contribution in [1.82, 2.24) is 4.90 Å². The number of rotatable bonds is 16. The fourth-order valence-corrected chi connectivity index (χ4v) is 5.38. The van der Waals surface area contributed by atoms with Crippen LogP contribution in [0.2, 0.25) is 0 Å². The number of hydrogen-bond acceptors (Lipinski definition) is 4. The minimum atomic E-state index is -0.109. The third-order valence-electron chi connectivity index (χ3n) is 8.95. The highest BCUT2D eigenvalue weighted by Crippen LogP contribution is 2.47. The first-order valence-electron chi connectivity index (χ1n) is 15.6. The smallest absolute Gasteiger partial charge is 0.257 e. The Hall–Kier alpha value is -3.21. The maximum Gasteiger partial charge on any atom is 0.257 e. The van der Waals surface area contributed by atoms with E-state index in [9.17, 15) is 4.79 Å². The van der Waals surface area contributed by atoms with Gasteiger partial charge in [-0.2, -0.15) is 0 Å². The molecule has 0 radical (unpaired) electrons. The molecule has 0 aliphatic rings. The molecule has 0 bridgehead atoms. The van der Waals surface area contributed by atoms with E-state index >= 15 is 0 Å². The molecule has 0 saturated heterocycles. The van der Waals surface area contributed by atoms with Crippen molar-refractivity contribution in [2.45, 2.75) is 87.1 Å². The summed E-state index contributed by atoms with van der Waals surface area (Å²) in [5, 5.41) is 0. The molecule has 230 valence electrons. The predicted molar refractivity (Wildman–Crippen MR) is 172 cm³/mol. The molecule has 5 nitrogen and oxygen atoms in total. The van der Waals surface area contributed by atoms with Gasteiger partial charge in [0.2, 0.25) is 0 Å². The average molecular weight is 576 g/mol. The molecule has 0 saturated carbocycles. The van der Waals surface area contributed by atoms with Gasteiger partial charge in [0.15, 0.2) is 0 Å². The second-order valence-electron chi connectivity index (χ2n) is 13.4. The third-order valence-corrected chi connectivity index (χ3v) is 8.95. The molecule has 3 aromatic rings. The van der Waals surface area contributed by atoms with Crippen LogP contribution in [0.3, 0.4) is 0 Å². The van der Waals surface area contributed by atoms with Crippen LogP contribution in [0.4, 0.5) is 0 Å². The minimum absolute atomic E-state index is 0.0964. The average Bonchev–Trinajstić information content (AvgIpc) is 3.39. The van der Waals surface area contributed by atoms with E-state index in [0.717, 1.165) is 36.0 Å². The van der Waals surface area contributed by atoms with Crippen LogP contribution in [0.5, 0.6) is 11.5 Å². The number of furan rings is 1. The maximum absolute atomic E-state index is 13.4. The van der Waals surface area contributed by atoms with Crippen molar-refractivity contribution in [3.63, 3.8) is 0 Å². The predicted octanol–water partition coefficient (Wildman–Crippen LogP) is 9.46. The normalized spacial score (nSPS) is 14.6. The molecule has 0 fully saturated rings. The van der Waals surface area contributed by atoms with Gasteiger partial charge in [-0.1, -0.05) is 98.1 Å². The lowest BCUT2D eigenvalue weighted by Gasteiger charge is -2.43. The van der Waals surface area contributed by atoms with Gasteiger partial charge in [-0.3, -0.25) is 4.79 Å². The third kappa shape index (κ3) is 9.68. The van der Waals surface area contributed by atoms with Crippen molar-refractivity contribution in [2.75, 3.05) is 20.3 Å². The highest BCUT2D eigenvalue weighted by atomic mass is 16.5. The van der Waals surface area contributed by atoms with Crippen molar-refractivity contribution in [2.24, 2.45) is 22.7 Å². The highest BCUT2D eigenvalue weighted by molar-refractivity contribution is 5.96. The lowest BCUT2D eigenvalue weighted by atomic mass is 9.61. The first-order valence-corrected chi connectivity index (χ1v) is 15.6. The number of carbonyl (C=O) groups is 1. The highest BCUT2D eigenvalue weighted by Gasteiger charge is 2.39. The Kier molecular flexibility index (Phi) is 12.1. The summed E-state index contributed by atoms with van der Waals surface area (Å²) in [4.78, 5) is 15.1. The zero-order valence-corrected chi connectivity index (χ0v) is 27.2. The van der Waals surface area contributed by atoms with Gasteiger partial charge in [0.25, 0.3) is 5.91 Å². The van der Waals surface area contributed by atoms with E-state index in [-0.39, 0.29) is 16.7 Å². The molecular formula is C37H53NO4. The zero-order chi connectivity index (χ0) is 30.8. The van der Waals surface area contributed by atoms with E-state index in [0.29, 0.717) is 37.0 Å². The molecule has 0 N–H and O–H groups in total. The van der Waals surface area contributed by atoms with Crippen molar-refractivity contribution in [3.8, 4) is 11.5 Å². The number of amides is 1. The van der Waals surface area contributed by atoms with Crippen LogP contribution < -0.4 is 9.47 Å². The van der Waals surface area contributed by atoms with Gasteiger partial charge < -0.3 is 18.8 Å². The van der Waals surface area contributed by atoms with E-state index in [2.05, 4.69) is 54.5 Å². The SMILES string of the molecule is CCC(C)CCC(C)CC(C)(Cc1ccc(CN(C)C(=O)c2ccccc2OCCOc2ccccc2)o1)C(C)(C)C. The maximum atomic E-state index is 13.4. The lowest BCUT2D eigenvalue weighted by Crippen LogP contribution is -2.36. The summed E-state index contributed by atoms with van der Waals surface area (Å²) in [6.07, 6.45) is 5.84.